The minimum Gasteiger partial charge on any atom is -0.507 e. The predicted octanol–water partition coefficient (Wildman–Crippen LogP) is 4.05. The van der Waals surface area contributed by atoms with Crippen molar-refractivity contribution < 1.29 is 19.4 Å². The minimum absolute atomic E-state index is 0. The highest BCUT2D eigenvalue weighted by Gasteiger charge is 2.20. The van der Waals surface area contributed by atoms with Crippen LogP contribution < -0.4 is 10.9 Å². The van der Waals surface area contributed by atoms with Gasteiger partial charge in [0.2, 0.25) is 0 Å². The molecule has 0 saturated carbocycles. The van der Waals surface area contributed by atoms with Crippen LogP contribution in [0.1, 0.15) is 36.5 Å². The summed E-state index contributed by atoms with van der Waals surface area (Å²) in [7, 11) is 0. The van der Waals surface area contributed by atoms with Gasteiger partial charge < -0.3 is 14.6 Å². The molecule has 3 N–H and O–H groups in total. The molecular formula is C23H26ClNO5. The zero-order valence-corrected chi connectivity index (χ0v) is 17.6. The van der Waals surface area contributed by atoms with Crippen LogP contribution >= 0.6 is 12.4 Å². The van der Waals surface area contributed by atoms with Crippen molar-refractivity contribution >= 4 is 29.3 Å². The normalized spacial score (nSPS) is 11.8. The number of phenolic OH excluding ortho intramolecular Hbond substituents is 1. The Labute approximate surface area is 181 Å². The second-order valence-electron chi connectivity index (χ2n) is 7.10. The second-order valence-corrected chi connectivity index (χ2v) is 7.10. The minimum atomic E-state index is -0.987. The molecule has 30 heavy (non-hydrogen) atoms. The lowest BCUT2D eigenvalue weighted by Crippen LogP contribution is -2.38. The molecule has 0 radical (unpaired) electrons. The summed E-state index contributed by atoms with van der Waals surface area (Å²) in [5.41, 5.74) is 1.98. The van der Waals surface area contributed by atoms with E-state index in [2.05, 4.69) is 12.2 Å². The van der Waals surface area contributed by atoms with Gasteiger partial charge in [-0.2, -0.15) is 0 Å². The van der Waals surface area contributed by atoms with Gasteiger partial charge in [-0.1, -0.05) is 43.7 Å². The number of aromatic hydroxyl groups is 1. The van der Waals surface area contributed by atoms with E-state index < -0.39 is 17.6 Å². The van der Waals surface area contributed by atoms with Gasteiger partial charge in [-0.05, 0) is 42.5 Å². The first-order valence-electron chi connectivity index (χ1n) is 9.77. The number of phenols is 1. The molecule has 0 aliphatic heterocycles. The van der Waals surface area contributed by atoms with Gasteiger partial charge in [0, 0.05) is 18.0 Å². The van der Waals surface area contributed by atoms with Gasteiger partial charge in [0.05, 0.1) is 5.56 Å². The third-order valence-electron chi connectivity index (χ3n) is 4.98. The van der Waals surface area contributed by atoms with Crippen LogP contribution in [0, 0.1) is 0 Å². The first-order valence-corrected chi connectivity index (χ1v) is 9.77. The van der Waals surface area contributed by atoms with E-state index in [1.54, 1.807) is 12.1 Å². The molecule has 7 heteroatoms. The van der Waals surface area contributed by atoms with Crippen molar-refractivity contribution in [3.8, 4) is 5.75 Å². The van der Waals surface area contributed by atoms with E-state index in [1.165, 1.54) is 6.07 Å². The number of carbonyl (C=O) groups is 1. The van der Waals surface area contributed by atoms with Gasteiger partial charge in [0.1, 0.15) is 17.4 Å². The number of benzene rings is 2. The Bertz CT molecular complexity index is 1050. The number of aliphatic carboxylic acids is 1. The van der Waals surface area contributed by atoms with Crippen molar-refractivity contribution in [3.05, 3.63) is 75.6 Å². The van der Waals surface area contributed by atoms with Crippen LogP contribution in [0.5, 0.6) is 5.75 Å². The van der Waals surface area contributed by atoms with E-state index in [0.717, 1.165) is 35.8 Å². The lowest BCUT2D eigenvalue weighted by Gasteiger charge is -2.16. The van der Waals surface area contributed by atoms with Crippen molar-refractivity contribution in [1.82, 2.24) is 5.32 Å². The van der Waals surface area contributed by atoms with Gasteiger partial charge >= 0.3 is 11.6 Å². The van der Waals surface area contributed by atoms with Crippen LogP contribution in [-0.4, -0.2) is 22.2 Å². The van der Waals surface area contributed by atoms with Crippen molar-refractivity contribution in [2.24, 2.45) is 0 Å². The summed E-state index contributed by atoms with van der Waals surface area (Å²) in [5.74, 6) is -1.02. The molecule has 0 saturated heterocycles. The Morgan fingerprint density at radius 2 is 1.90 bits per heavy atom. The van der Waals surface area contributed by atoms with Gasteiger partial charge in [0.25, 0.3) is 0 Å². The molecule has 160 valence electrons. The number of carboxylic acid groups (broad SMARTS) is 1. The summed E-state index contributed by atoms with van der Waals surface area (Å²) >= 11 is 0. The van der Waals surface area contributed by atoms with Crippen LogP contribution in [0.25, 0.3) is 11.0 Å². The number of hydrogen-bond donors (Lipinski definition) is 3. The molecule has 0 unspecified atom stereocenters. The van der Waals surface area contributed by atoms with Crippen molar-refractivity contribution in [1.29, 1.82) is 0 Å². The fourth-order valence-electron chi connectivity index (χ4n) is 3.40. The van der Waals surface area contributed by atoms with E-state index in [0.29, 0.717) is 17.6 Å². The Hall–Kier alpha value is -2.83. The van der Waals surface area contributed by atoms with Gasteiger partial charge in [-0.15, -0.1) is 12.4 Å². The Morgan fingerprint density at radius 1 is 1.17 bits per heavy atom. The van der Waals surface area contributed by atoms with Crippen molar-refractivity contribution in [3.63, 3.8) is 0 Å². The predicted molar refractivity (Wildman–Crippen MR) is 118 cm³/mol. The lowest BCUT2D eigenvalue weighted by molar-refractivity contribution is -0.139. The Morgan fingerprint density at radius 3 is 2.57 bits per heavy atom. The van der Waals surface area contributed by atoms with Gasteiger partial charge in [0.15, 0.2) is 0 Å². The lowest BCUT2D eigenvalue weighted by atomic mass is 10.0. The van der Waals surface area contributed by atoms with Gasteiger partial charge in [-0.3, -0.25) is 10.1 Å². The third-order valence-corrected chi connectivity index (χ3v) is 4.98. The summed E-state index contributed by atoms with van der Waals surface area (Å²) in [6.07, 6.45) is 2.97. The van der Waals surface area contributed by atoms with Crippen LogP contribution in [0.2, 0.25) is 0 Å². The number of carboxylic acids is 1. The molecule has 1 heterocycles. The fraction of sp³-hybridized carbons (Fsp3) is 0.304. The van der Waals surface area contributed by atoms with E-state index in [9.17, 15) is 19.8 Å². The van der Waals surface area contributed by atoms with E-state index in [-0.39, 0.29) is 24.7 Å². The zero-order chi connectivity index (χ0) is 20.8. The van der Waals surface area contributed by atoms with E-state index in [1.807, 2.05) is 30.3 Å². The summed E-state index contributed by atoms with van der Waals surface area (Å²) in [6, 6.07) is 13.3. The highest BCUT2D eigenvalue weighted by molar-refractivity contribution is 5.85. The largest absolute Gasteiger partial charge is 0.507 e. The molecule has 2 aromatic carbocycles. The number of halogens is 1. The maximum absolute atomic E-state index is 12.1. The molecule has 3 aromatic rings. The molecule has 6 nitrogen and oxygen atoms in total. The standard InChI is InChI=1S/C23H25NO5.ClH/c1-2-3-9-16-13-21(26)29-22-17(16)10-11-20(25)18(22)14-24-19(23(27)28)12-15-7-5-4-6-8-15;/h4-8,10-11,13,19,24-25H,2-3,9,12,14H2,1H3,(H,27,28);1H/t19-;/m0./s1. The van der Waals surface area contributed by atoms with Crippen LogP contribution in [-0.2, 0) is 24.2 Å². The number of aryl methyl sites for hydroxylation is 1. The summed E-state index contributed by atoms with van der Waals surface area (Å²) in [6.45, 7) is 2.14. The zero-order valence-electron chi connectivity index (χ0n) is 16.8. The molecule has 0 fully saturated rings. The number of unbranched alkanes of at least 4 members (excludes halogenated alkanes) is 1. The molecule has 0 aliphatic rings. The molecule has 0 bridgehead atoms. The second kappa shape index (κ2) is 10.8. The maximum Gasteiger partial charge on any atom is 0.336 e. The maximum atomic E-state index is 12.1. The van der Waals surface area contributed by atoms with E-state index in [4.69, 9.17) is 4.42 Å². The summed E-state index contributed by atoms with van der Waals surface area (Å²) in [4.78, 5) is 23.8. The molecule has 0 amide bonds. The number of nitrogens with one attached hydrogen (secondary N) is 1. The SMILES string of the molecule is CCCCc1cc(=O)oc2c(CN[C@@H](Cc3ccccc3)C(=O)O)c(O)ccc12.Cl. The van der Waals surface area contributed by atoms with Crippen molar-refractivity contribution in [2.45, 2.75) is 45.2 Å². The summed E-state index contributed by atoms with van der Waals surface area (Å²) < 4.78 is 5.40. The molecule has 1 atom stereocenters. The van der Waals surface area contributed by atoms with E-state index >= 15 is 0 Å². The number of hydrogen-bond acceptors (Lipinski definition) is 5. The van der Waals surface area contributed by atoms with Gasteiger partial charge in [-0.25, -0.2) is 4.79 Å². The Kier molecular flexibility index (Phi) is 8.45. The average molecular weight is 432 g/mol. The highest BCUT2D eigenvalue weighted by Crippen LogP contribution is 2.29. The molecule has 0 spiro atoms. The first kappa shape index (κ1) is 23.4. The van der Waals surface area contributed by atoms with Crippen LogP contribution in [0.15, 0.2) is 57.7 Å². The topological polar surface area (TPSA) is 99.8 Å². The average Bonchev–Trinajstić information content (AvgIpc) is 2.70. The highest BCUT2D eigenvalue weighted by atomic mass is 35.5. The van der Waals surface area contributed by atoms with Crippen molar-refractivity contribution in [2.75, 3.05) is 0 Å². The van der Waals surface area contributed by atoms with Crippen LogP contribution in [0.3, 0.4) is 0 Å². The first-order chi connectivity index (χ1) is 14.0. The number of rotatable bonds is 9. The third kappa shape index (κ3) is 5.62. The smallest absolute Gasteiger partial charge is 0.336 e. The van der Waals surface area contributed by atoms with Crippen LogP contribution in [0.4, 0.5) is 0 Å². The quantitative estimate of drug-likeness (QED) is 0.442. The molecule has 1 aromatic heterocycles. The fourth-order valence-corrected chi connectivity index (χ4v) is 3.40. The molecule has 0 aliphatic carbocycles. The summed E-state index contributed by atoms with van der Waals surface area (Å²) in [5, 5.41) is 23.7. The monoisotopic (exact) mass is 431 g/mol. The molecular weight excluding hydrogens is 406 g/mol. The number of fused-ring (bicyclic) bond motifs is 1. The molecule has 3 rings (SSSR count). The Balaban J connectivity index is 0.00000320.